The molecule has 1 saturated carbocycles. The first-order chi connectivity index (χ1) is 21.7. The van der Waals surface area contributed by atoms with E-state index in [0.717, 1.165) is 68.7 Å². The van der Waals surface area contributed by atoms with E-state index >= 15 is 0 Å². The van der Waals surface area contributed by atoms with Crippen LogP contribution in [0.1, 0.15) is 77.1 Å². The molecule has 0 bridgehead atoms. The Kier molecular flexibility index (Phi) is 10.0. The van der Waals surface area contributed by atoms with Crippen LogP contribution in [0.5, 0.6) is 0 Å². The summed E-state index contributed by atoms with van der Waals surface area (Å²) in [5.41, 5.74) is 7.02. The number of benzene rings is 3. The van der Waals surface area contributed by atoms with Crippen molar-refractivity contribution in [2.75, 3.05) is 37.6 Å². The first-order valence-corrected chi connectivity index (χ1v) is 16.5. The Hall–Kier alpha value is -3.96. The Morgan fingerprint density at radius 3 is 2.14 bits per heavy atom. The van der Waals surface area contributed by atoms with Crippen LogP contribution < -0.4 is 4.90 Å². The summed E-state index contributed by atoms with van der Waals surface area (Å²) >= 11 is 0. The molecule has 2 fully saturated rings. The lowest BCUT2D eigenvalue weighted by Gasteiger charge is -2.38. The van der Waals surface area contributed by atoms with E-state index in [1.54, 1.807) is 6.20 Å². The van der Waals surface area contributed by atoms with E-state index in [2.05, 4.69) is 105 Å². The van der Waals surface area contributed by atoms with Crippen LogP contribution in [0.4, 0.5) is 5.69 Å². The van der Waals surface area contributed by atoms with E-state index in [-0.39, 0.29) is 5.91 Å². The fraction of sp³-hybridized carbons (Fsp3) is 0.385. The van der Waals surface area contributed by atoms with Crippen molar-refractivity contribution in [2.24, 2.45) is 0 Å². The summed E-state index contributed by atoms with van der Waals surface area (Å²) in [7, 11) is 0. The maximum Gasteiger partial charge on any atom is 0.254 e. The maximum atomic E-state index is 14.2. The molecule has 0 unspecified atom stereocenters. The van der Waals surface area contributed by atoms with Gasteiger partial charge in [0.1, 0.15) is 0 Å². The molecule has 0 N–H and O–H groups in total. The highest BCUT2D eigenvalue weighted by Gasteiger charge is 2.29. The highest BCUT2D eigenvalue weighted by atomic mass is 16.2. The number of pyridine rings is 1. The lowest BCUT2D eigenvalue weighted by molar-refractivity contribution is 0.0613. The molecule has 1 aromatic heterocycles. The average molecular weight is 587 g/mol. The lowest BCUT2D eigenvalue weighted by Crippen LogP contribution is -2.47. The second-order valence-corrected chi connectivity index (χ2v) is 12.5. The van der Waals surface area contributed by atoms with Crippen LogP contribution in [0.25, 0.3) is 0 Å². The Bertz CT molecular complexity index is 1420. The van der Waals surface area contributed by atoms with E-state index in [1.807, 2.05) is 18.3 Å². The predicted octanol–water partition coefficient (Wildman–Crippen LogP) is 7.71. The van der Waals surface area contributed by atoms with E-state index in [1.165, 1.54) is 36.1 Å². The Labute approximate surface area is 263 Å². The number of piperazine rings is 1. The van der Waals surface area contributed by atoms with Gasteiger partial charge in [-0.25, -0.2) is 0 Å². The Morgan fingerprint density at radius 2 is 1.50 bits per heavy atom. The molecule has 2 heterocycles. The van der Waals surface area contributed by atoms with Crippen molar-refractivity contribution < 1.29 is 4.79 Å². The molecule has 6 rings (SSSR count). The zero-order chi connectivity index (χ0) is 30.1. The van der Waals surface area contributed by atoms with E-state index in [9.17, 15) is 4.79 Å². The number of aromatic nitrogens is 1. The minimum atomic E-state index is 0.159. The summed E-state index contributed by atoms with van der Waals surface area (Å²) in [5, 5.41) is 0. The normalized spacial score (nSPS) is 16.3. The maximum absolute atomic E-state index is 14.2. The minimum Gasteiger partial charge on any atom is -0.369 e. The van der Waals surface area contributed by atoms with Crippen LogP contribution >= 0.6 is 0 Å². The first-order valence-electron chi connectivity index (χ1n) is 16.5. The standard InChI is InChI=1S/C39H46N4O/c1-31-36(39(44)43(35-18-9-4-10-19-35)30-32-13-12-23-40-29-32)20-11-21-38(31)42-27-25-41(26-28-42)24-22-37(33-14-5-2-6-15-33)34-16-7-3-8-17-34/h2-3,5-8,11-17,20-21,23,29,35,37H,4,9-10,18-19,22,24-28,30H2,1H3. The van der Waals surface area contributed by atoms with Crippen molar-refractivity contribution in [3.8, 4) is 0 Å². The molecule has 5 heteroatoms. The third-order valence-electron chi connectivity index (χ3n) is 9.74. The molecule has 4 aromatic rings. The highest BCUT2D eigenvalue weighted by molar-refractivity contribution is 5.97. The number of amides is 1. The summed E-state index contributed by atoms with van der Waals surface area (Å²) in [6.45, 7) is 7.84. The summed E-state index contributed by atoms with van der Waals surface area (Å²) in [4.78, 5) is 25.8. The quantitative estimate of drug-likeness (QED) is 0.191. The fourth-order valence-corrected chi connectivity index (χ4v) is 7.22. The average Bonchev–Trinajstić information content (AvgIpc) is 3.09. The van der Waals surface area contributed by atoms with Crippen LogP contribution in [0.3, 0.4) is 0 Å². The van der Waals surface area contributed by atoms with Gasteiger partial charge >= 0.3 is 0 Å². The molecule has 1 aliphatic carbocycles. The van der Waals surface area contributed by atoms with Crippen molar-refractivity contribution in [2.45, 2.75) is 64.0 Å². The molecular formula is C39H46N4O. The molecule has 44 heavy (non-hydrogen) atoms. The summed E-state index contributed by atoms with van der Waals surface area (Å²) in [5.74, 6) is 0.561. The number of hydrogen-bond donors (Lipinski definition) is 0. The van der Waals surface area contributed by atoms with Gasteiger partial charge in [0.15, 0.2) is 0 Å². The second-order valence-electron chi connectivity index (χ2n) is 12.5. The Balaban J connectivity index is 1.12. The van der Waals surface area contributed by atoms with Crippen molar-refractivity contribution >= 4 is 11.6 Å². The van der Waals surface area contributed by atoms with Gasteiger partial charge in [-0.15, -0.1) is 0 Å². The summed E-state index contributed by atoms with van der Waals surface area (Å²) < 4.78 is 0. The number of hydrogen-bond acceptors (Lipinski definition) is 4. The molecule has 5 nitrogen and oxygen atoms in total. The highest BCUT2D eigenvalue weighted by Crippen LogP contribution is 2.31. The largest absolute Gasteiger partial charge is 0.369 e. The first kappa shape index (κ1) is 30.1. The number of rotatable bonds is 10. The van der Waals surface area contributed by atoms with E-state index in [4.69, 9.17) is 0 Å². The van der Waals surface area contributed by atoms with Crippen LogP contribution in [0.2, 0.25) is 0 Å². The molecule has 3 aromatic carbocycles. The third kappa shape index (κ3) is 7.22. The number of anilines is 1. The molecule has 0 radical (unpaired) electrons. The molecule has 228 valence electrons. The molecule has 2 aliphatic rings. The van der Waals surface area contributed by atoms with Crippen molar-refractivity contribution in [3.63, 3.8) is 0 Å². The number of carbonyl (C=O) groups is 1. The second kappa shape index (κ2) is 14.7. The van der Waals surface area contributed by atoms with Gasteiger partial charge in [0.2, 0.25) is 0 Å². The molecule has 1 saturated heterocycles. The molecule has 1 aliphatic heterocycles. The van der Waals surface area contributed by atoms with Crippen LogP contribution in [-0.4, -0.2) is 59.5 Å². The molecular weight excluding hydrogens is 540 g/mol. The van der Waals surface area contributed by atoms with E-state index < -0.39 is 0 Å². The summed E-state index contributed by atoms with van der Waals surface area (Å²) in [6, 6.07) is 32.5. The minimum absolute atomic E-state index is 0.159. The zero-order valence-electron chi connectivity index (χ0n) is 26.2. The number of carbonyl (C=O) groups excluding carboxylic acids is 1. The Morgan fingerprint density at radius 1 is 0.818 bits per heavy atom. The van der Waals surface area contributed by atoms with Gasteiger partial charge in [-0.1, -0.05) is 92.1 Å². The van der Waals surface area contributed by atoms with Gasteiger partial charge in [0, 0.05) is 68.3 Å². The van der Waals surface area contributed by atoms with Crippen LogP contribution in [-0.2, 0) is 6.54 Å². The number of nitrogens with zero attached hydrogens (tertiary/aromatic N) is 4. The molecule has 0 spiro atoms. The van der Waals surface area contributed by atoms with Crippen molar-refractivity contribution in [1.29, 1.82) is 0 Å². The van der Waals surface area contributed by atoms with Crippen LogP contribution in [0.15, 0.2) is 103 Å². The third-order valence-corrected chi connectivity index (χ3v) is 9.74. The van der Waals surface area contributed by atoms with Crippen molar-refractivity contribution in [1.82, 2.24) is 14.8 Å². The predicted molar refractivity (Wildman–Crippen MR) is 180 cm³/mol. The van der Waals surface area contributed by atoms with Crippen molar-refractivity contribution in [3.05, 3.63) is 131 Å². The summed E-state index contributed by atoms with van der Waals surface area (Å²) in [6.07, 6.45) is 10.6. The fourth-order valence-electron chi connectivity index (χ4n) is 7.22. The zero-order valence-corrected chi connectivity index (χ0v) is 26.2. The topological polar surface area (TPSA) is 39.7 Å². The van der Waals surface area contributed by atoms with Gasteiger partial charge in [0.05, 0.1) is 0 Å². The SMILES string of the molecule is Cc1c(C(=O)N(Cc2cccnc2)C2CCCCC2)cccc1N1CCN(CCC(c2ccccc2)c2ccccc2)CC1. The monoisotopic (exact) mass is 586 g/mol. The van der Waals surface area contributed by atoms with Gasteiger partial charge in [-0.2, -0.15) is 0 Å². The molecule has 1 amide bonds. The van der Waals surface area contributed by atoms with Gasteiger partial charge in [0.25, 0.3) is 5.91 Å². The van der Waals surface area contributed by atoms with E-state index in [0.29, 0.717) is 18.5 Å². The van der Waals surface area contributed by atoms with Gasteiger partial charge in [-0.3, -0.25) is 14.7 Å². The van der Waals surface area contributed by atoms with Gasteiger partial charge in [-0.05, 0) is 73.2 Å². The lowest BCUT2D eigenvalue weighted by atomic mass is 9.88. The van der Waals surface area contributed by atoms with Crippen LogP contribution in [0, 0.1) is 6.92 Å². The van der Waals surface area contributed by atoms with Gasteiger partial charge < -0.3 is 9.80 Å². The molecule has 0 atom stereocenters. The smallest absolute Gasteiger partial charge is 0.254 e.